The maximum Gasteiger partial charge on any atom is 0.155 e. The van der Waals surface area contributed by atoms with Crippen LogP contribution < -0.4 is 15.8 Å². The van der Waals surface area contributed by atoms with Gasteiger partial charge in [-0.2, -0.15) is 0 Å². The SMILES string of the molecule is COc1ccccc1CNc1nccnc1C(N)=S. The van der Waals surface area contributed by atoms with Crippen LogP contribution in [0.1, 0.15) is 11.3 Å². The molecule has 3 N–H and O–H groups in total. The Bertz CT molecular complexity index is 588. The largest absolute Gasteiger partial charge is 0.496 e. The molecule has 0 aliphatic heterocycles. The minimum absolute atomic E-state index is 0.218. The number of hydrogen-bond donors (Lipinski definition) is 2. The Morgan fingerprint density at radius 3 is 2.79 bits per heavy atom. The van der Waals surface area contributed by atoms with Gasteiger partial charge in [0.1, 0.15) is 16.4 Å². The number of hydrogen-bond acceptors (Lipinski definition) is 5. The van der Waals surface area contributed by atoms with Gasteiger partial charge in [0.15, 0.2) is 5.82 Å². The molecule has 0 unspecified atom stereocenters. The van der Waals surface area contributed by atoms with Crippen LogP contribution in [-0.2, 0) is 6.54 Å². The first-order valence-corrected chi connectivity index (χ1v) is 6.09. The minimum atomic E-state index is 0.218. The Morgan fingerprint density at radius 2 is 2.05 bits per heavy atom. The summed E-state index contributed by atoms with van der Waals surface area (Å²) in [5, 5.41) is 3.16. The molecule has 0 radical (unpaired) electrons. The van der Waals surface area contributed by atoms with Gasteiger partial charge < -0.3 is 15.8 Å². The zero-order chi connectivity index (χ0) is 13.7. The molecule has 0 aliphatic rings. The molecular weight excluding hydrogens is 260 g/mol. The van der Waals surface area contributed by atoms with Crippen LogP contribution in [-0.4, -0.2) is 22.1 Å². The first-order valence-electron chi connectivity index (χ1n) is 5.69. The molecule has 6 heteroatoms. The second kappa shape index (κ2) is 6.10. The highest BCUT2D eigenvalue weighted by atomic mass is 32.1. The zero-order valence-corrected chi connectivity index (χ0v) is 11.3. The van der Waals surface area contributed by atoms with Crippen LogP contribution in [0, 0.1) is 0 Å². The van der Waals surface area contributed by atoms with Crippen molar-refractivity contribution in [3.63, 3.8) is 0 Å². The van der Waals surface area contributed by atoms with E-state index >= 15 is 0 Å². The van der Waals surface area contributed by atoms with Crippen LogP contribution in [0.3, 0.4) is 0 Å². The average molecular weight is 274 g/mol. The average Bonchev–Trinajstić information content (AvgIpc) is 2.45. The molecule has 98 valence electrons. The van der Waals surface area contributed by atoms with Crippen molar-refractivity contribution in [3.05, 3.63) is 47.9 Å². The van der Waals surface area contributed by atoms with Crippen LogP contribution in [0.15, 0.2) is 36.7 Å². The van der Waals surface area contributed by atoms with Gasteiger partial charge in [-0.15, -0.1) is 0 Å². The molecule has 0 saturated carbocycles. The lowest BCUT2D eigenvalue weighted by Crippen LogP contribution is -2.16. The predicted molar refractivity (Wildman–Crippen MR) is 78.2 cm³/mol. The number of methoxy groups -OCH3 is 1. The maximum absolute atomic E-state index is 5.60. The van der Waals surface area contributed by atoms with Gasteiger partial charge in [-0.25, -0.2) is 9.97 Å². The molecule has 1 aromatic carbocycles. The molecule has 0 bridgehead atoms. The van der Waals surface area contributed by atoms with Crippen LogP contribution in [0.5, 0.6) is 5.75 Å². The lowest BCUT2D eigenvalue weighted by atomic mass is 10.2. The quantitative estimate of drug-likeness (QED) is 0.809. The number of ether oxygens (including phenoxy) is 1. The fraction of sp³-hybridized carbons (Fsp3) is 0.154. The molecular formula is C13H14N4OS. The van der Waals surface area contributed by atoms with E-state index in [1.165, 1.54) is 0 Å². The highest BCUT2D eigenvalue weighted by Crippen LogP contribution is 2.19. The van der Waals surface area contributed by atoms with Crippen molar-refractivity contribution in [2.45, 2.75) is 6.54 Å². The first-order chi connectivity index (χ1) is 9.22. The second-order valence-corrected chi connectivity index (χ2v) is 4.22. The third-order valence-corrected chi connectivity index (χ3v) is 2.76. The van der Waals surface area contributed by atoms with Gasteiger partial charge in [0.25, 0.3) is 0 Å². The Hall–Kier alpha value is -2.21. The van der Waals surface area contributed by atoms with Crippen molar-refractivity contribution in [1.82, 2.24) is 9.97 Å². The van der Waals surface area contributed by atoms with Crippen molar-refractivity contribution in [2.24, 2.45) is 5.73 Å². The maximum atomic E-state index is 5.60. The summed E-state index contributed by atoms with van der Waals surface area (Å²) in [6, 6.07) is 7.75. The summed E-state index contributed by atoms with van der Waals surface area (Å²) in [6.07, 6.45) is 3.15. The van der Waals surface area contributed by atoms with Gasteiger partial charge in [-0.3, -0.25) is 0 Å². The number of rotatable bonds is 5. The van der Waals surface area contributed by atoms with Crippen LogP contribution >= 0.6 is 12.2 Å². The van der Waals surface area contributed by atoms with E-state index < -0.39 is 0 Å². The molecule has 5 nitrogen and oxygen atoms in total. The summed E-state index contributed by atoms with van der Waals surface area (Å²) in [5.74, 6) is 1.39. The fourth-order valence-electron chi connectivity index (χ4n) is 1.68. The lowest BCUT2D eigenvalue weighted by molar-refractivity contribution is 0.410. The number of nitrogens with one attached hydrogen (secondary N) is 1. The van der Waals surface area contributed by atoms with Crippen molar-refractivity contribution in [1.29, 1.82) is 0 Å². The van der Waals surface area contributed by atoms with Gasteiger partial charge in [0, 0.05) is 24.5 Å². The summed E-state index contributed by atoms with van der Waals surface area (Å²) < 4.78 is 5.28. The molecule has 2 rings (SSSR count). The van der Waals surface area contributed by atoms with Crippen LogP contribution in [0.2, 0.25) is 0 Å². The number of nitrogens with two attached hydrogens (primary N) is 1. The minimum Gasteiger partial charge on any atom is -0.496 e. The number of nitrogens with zero attached hydrogens (tertiary/aromatic N) is 2. The first kappa shape index (κ1) is 13.2. The number of anilines is 1. The smallest absolute Gasteiger partial charge is 0.155 e. The number of para-hydroxylation sites is 1. The van der Waals surface area contributed by atoms with Crippen molar-refractivity contribution in [2.75, 3.05) is 12.4 Å². The van der Waals surface area contributed by atoms with Crippen molar-refractivity contribution in [3.8, 4) is 5.75 Å². The van der Waals surface area contributed by atoms with E-state index in [1.807, 2.05) is 24.3 Å². The summed E-state index contributed by atoms with van der Waals surface area (Å²) in [7, 11) is 1.64. The Morgan fingerprint density at radius 1 is 1.32 bits per heavy atom. The molecule has 0 atom stereocenters. The summed E-state index contributed by atoms with van der Waals surface area (Å²) in [5.41, 5.74) is 7.11. The van der Waals surface area contributed by atoms with E-state index in [0.29, 0.717) is 18.1 Å². The molecule has 0 fully saturated rings. The molecule has 0 spiro atoms. The molecule has 2 aromatic rings. The van der Waals surface area contributed by atoms with Gasteiger partial charge in [-0.1, -0.05) is 30.4 Å². The molecule has 1 aromatic heterocycles. The Labute approximate surface area is 116 Å². The number of benzene rings is 1. The van der Waals surface area contributed by atoms with Crippen molar-refractivity contribution >= 4 is 23.0 Å². The molecule has 0 aliphatic carbocycles. The summed E-state index contributed by atoms with van der Waals surface area (Å²) >= 11 is 4.94. The highest BCUT2D eigenvalue weighted by Gasteiger charge is 2.08. The normalized spacial score (nSPS) is 9.95. The van der Waals surface area contributed by atoms with E-state index in [9.17, 15) is 0 Å². The monoisotopic (exact) mass is 274 g/mol. The third-order valence-electron chi connectivity index (χ3n) is 2.57. The highest BCUT2D eigenvalue weighted by molar-refractivity contribution is 7.80. The zero-order valence-electron chi connectivity index (χ0n) is 10.5. The third kappa shape index (κ3) is 3.17. The number of aromatic nitrogens is 2. The number of thiocarbonyl (C=S) groups is 1. The van der Waals surface area contributed by atoms with Crippen molar-refractivity contribution < 1.29 is 4.74 Å². The van der Waals surface area contributed by atoms with E-state index in [4.69, 9.17) is 22.7 Å². The summed E-state index contributed by atoms with van der Waals surface area (Å²) in [6.45, 7) is 0.554. The van der Waals surface area contributed by atoms with E-state index in [1.54, 1.807) is 19.5 Å². The standard InChI is InChI=1S/C13H14N4OS/c1-18-10-5-3-2-4-9(10)8-17-13-11(12(14)19)15-6-7-16-13/h2-7H,8H2,1H3,(H2,14,19)(H,16,17). The Kier molecular flexibility index (Phi) is 4.25. The molecule has 1 heterocycles. The predicted octanol–water partition coefficient (Wildman–Crippen LogP) is 1.73. The van der Waals surface area contributed by atoms with Gasteiger partial charge >= 0.3 is 0 Å². The molecule has 0 saturated heterocycles. The Balaban J connectivity index is 2.17. The van der Waals surface area contributed by atoms with Crippen LogP contribution in [0.4, 0.5) is 5.82 Å². The molecule has 19 heavy (non-hydrogen) atoms. The van der Waals surface area contributed by atoms with E-state index in [0.717, 1.165) is 11.3 Å². The van der Waals surface area contributed by atoms with Crippen LogP contribution in [0.25, 0.3) is 0 Å². The van der Waals surface area contributed by atoms with E-state index in [2.05, 4.69) is 15.3 Å². The fourth-order valence-corrected chi connectivity index (χ4v) is 1.83. The van der Waals surface area contributed by atoms with E-state index in [-0.39, 0.29) is 4.99 Å². The van der Waals surface area contributed by atoms with Gasteiger partial charge in [-0.05, 0) is 6.07 Å². The topological polar surface area (TPSA) is 73.1 Å². The summed E-state index contributed by atoms with van der Waals surface area (Å²) in [4.78, 5) is 8.52. The lowest BCUT2D eigenvalue weighted by Gasteiger charge is -2.11. The molecule has 0 amide bonds. The second-order valence-electron chi connectivity index (χ2n) is 3.78. The van der Waals surface area contributed by atoms with Gasteiger partial charge in [0.2, 0.25) is 0 Å². The van der Waals surface area contributed by atoms with Gasteiger partial charge in [0.05, 0.1) is 7.11 Å².